The molecule has 4 heterocycles. The van der Waals surface area contributed by atoms with Gasteiger partial charge < -0.3 is 4.57 Å². The molecule has 4 aromatic heterocycles. The lowest BCUT2D eigenvalue weighted by molar-refractivity contribution is 0.970. The van der Waals surface area contributed by atoms with Crippen molar-refractivity contribution in [1.29, 1.82) is 0 Å². The van der Waals surface area contributed by atoms with E-state index in [0.29, 0.717) is 0 Å². The van der Waals surface area contributed by atoms with Crippen LogP contribution in [0, 0.1) is 0 Å². The molecule has 0 saturated heterocycles. The number of benzene rings is 1. The fourth-order valence-electron chi connectivity index (χ4n) is 3.20. The van der Waals surface area contributed by atoms with Gasteiger partial charge in [-0.15, -0.1) is 0 Å². The summed E-state index contributed by atoms with van der Waals surface area (Å²) < 4.78 is 4.21. The van der Waals surface area contributed by atoms with E-state index in [-0.39, 0.29) is 0 Å². The molecule has 0 bridgehead atoms. The van der Waals surface area contributed by atoms with E-state index in [4.69, 9.17) is 0 Å². The Kier molecular flexibility index (Phi) is 1.86. The van der Waals surface area contributed by atoms with Crippen molar-refractivity contribution in [3.63, 3.8) is 0 Å². The molecule has 0 aliphatic heterocycles. The smallest absolute Gasteiger partial charge is 0.146 e. The molecular formula is C17H12N4. The number of aryl methyl sites for hydroxylation is 1. The maximum absolute atomic E-state index is 4.54. The van der Waals surface area contributed by atoms with E-state index in [1.807, 2.05) is 24.7 Å². The highest BCUT2D eigenvalue weighted by atomic mass is 15.0. The minimum absolute atomic E-state index is 0.950. The summed E-state index contributed by atoms with van der Waals surface area (Å²) in [4.78, 5) is 9.06. The molecule has 0 aliphatic carbocycles. The Balaban J connectivity index is 2.19. The minimum atomic E-state index is 0.950. The zero-order valence-electron chi connectivity index (χ0n) is 11.5. The van der Waals surface area contributed by atoms with Gasteiger partial charge in [-0.25, -0.2) is 9.97 Å². The highest BCUT2D eigenvalue weighted by Gasteiger charge is 2.11. The summed E-state index contributed by atoms with van der Waals surface area (Å²) in [7, 11) is 2.07. The van der Waals surface area contributed by atoms with Crippen LogP contribution in [0.4, 0.5) is 0 Å². The van der Waals surface area contributed by atoms with Gasteiger partial charge in [-0.05, 0) is 35.7 Å². The zero-order chi connectivity index (χ0) is 14.0. The number of fused-ring (bicyclic) bond motifs is 7. The van der Waals surface area contributed by atoms with E-state index >= 15 is 0 Å². The highest BCUT2D eigenvalue weighted by molar-refractivity contribution is 6.14. The van der Waals surface area contributed by atoms with Crippen molar-refractivity contribution in [3.05, 3.63) is 55.1 Å². The van der Waals surface area contributed by atoms with Crippen molar-refractivity contribution in [1.82, 2.24) is 18.9 Å². The van der Waals surface area contributed by atoms with Crippen LogP contribution >= 0.6 is 0 Å². The lowest BCUT2D eigenvalue weighted by Gasteiger charge is -2.08. The van der Waals surface area contributed by atoms with Crippen LogP contribution in [-0.2, 0) is 7.05 Å². The third-order valence-electron chi connectivity index (χ3n) is 4.21. The summed E-state index contributed by atoms with van der Waals surface area (Å²) in [6.45, 7) is 0. The Labute approximate surface area is 120 Å². The third-order valence-corrected chi connectivity index (χ3v) is 4.21. The third kappa shape index (κ3) is 1.29. The lowest BCUT2D eigenvalue weighted by Crippen LogP contribution is -1.93. The van der Waals surface area contributed by atoms with Crippen LogP contribution in [0.1, 0.15) is 0 Å². The van der Waals surface area contributed by atoms with E-state index in [2.05, 4.69) is 56.4 Å². The fourth-order valence-corrected chi connectivity index (χ4v) is 3.20. The standard InChI is InChI=1S/C17H12N4/c1-20-7-4-11-9-14-13(10-15(11)20)12-3-2-5-18-16(12)21-8-6-19-17(14)21/h2-10H,1H3. The molecule has 5 rings (SSSR count). The number of hydrogen-bond acceptors (Lipinski definition) is 2. The summed E-state index contributed by atoms with van der Waals surface area (Å²) in [5.41, 5.74) is 3.14. The molecule has 4 nitrogen and oxygen atoms in total. The van der Waals surface area contributed by atoms with Crippen LogP contribution in [0.2, 0.25) is 0 Å². The molecule has 0 N–H and O–H groups in total. The van der Waals surface area contributed by atoms with Crippen LogP contribution in [0.5, 0.6) is 0 Å². The molecule has 21 heavy (non-hydrogen) atoms. The lowest BCUT2D eigenvalue weighted by atomic mass is 10.1. The maximum Gasteiger partial charge on any atom is 0.146 e. The van der Waals surface area contributed by atoms with E-state index in [1.54, 1.807) is 0 Å². The molecule has 0 fully saturated rings. The first-order chi connectivity index (χ1) is 10.3. The van der Waals surface area contributed by atoms with E-state index in [9.17, 15) is 0 Å². The Morgan fingerprint density at radius 3 is 2.67 bits per heavy atom. The van der Waals surface area contributed by atoms with Crippen molar-refractivity contribution < 1.29 is 0 Å². The van der Waals surface area contributed by atoms with Crippen molar-refractivity contribution >= 4 is 38.4 Å². The zero-order valence-corrected chi connectivity index (χ0v) is 11.5. The van der Waals surface area contributed by atoms with Gasteiger partial charge in [0.1, 0.15) is 11.3 Å². The fraction of sp³-hybridized carbons (Fsp3) is 0.0588. The molecule has 0 radical (unpaired) electrons. The molecule has 5 aromatic rings. The Hall–Kier alpha value is -2.88. The summed E-state index contributed by atoms with van der Waals surface area (Å²) in [6.07, 6.45) is 7.72. The average Bonchev–Trinajstić information content (AvgIpc) is 3.14. The second-order valence-electron chi connectivity index (χ2n) is 5.38. The summed E-state index contributed by atoms with van der Waals surface area (Å²) >= 11 is 0. The number of pyridine rings is 2. The Morgan fingerprint density at radius 2 is 1.71 bits per heavy atom. The van der Waals surface area contributed by atoms with E-state index in [0.717, 1.165) is 16.7 Å². The van der Waals surface area contributed by atoms with Gasteiger partial charge in [0.25, 0.3) is 0 Å². The summed E-state index contributed by atoms with van der Waals surface area (Å²) in [5, 5.41) is 4.75. The largest absolute Gasteiger partial charge is 0.351 e. The topological polar surface area (TPSA) is 35.1 Å². The van der Waals surface area contributed by atoms with Crippen LogP contribution in [0.15, 0.2) is 55.1 Å². The Bertz CT molecular complexity index is 1150. The highest BCUT2D eigenvalue weighted by Crippen LogP contribution is 2.31. The van der Waals surface area contributed by atoms with Crippen LogP contribution in [-0.4, -0.2) is 18.9 Å². The number of imidazole rings is 1. The number of rotatable bonds is 0. The van der Waals surface area contributed by atoms with Crippen molar-refractivity contribution in [2.75, 3.05) is 0 Å². The van der Waals surface area contributed by atoms with Gasteiger partial charge in [0.15, 0.2) is 0 Å². The molecule has 0 saturated carbocycles. The number of nitrogens with zero attached hydrogens (tertiary/aromatic N) is 4. The second-order valence-corrected chi connectivity index (χ2v) is 5.38. The van der Waals surface area contributed by atoms with Gasteiger partial charge in [0.05, 0.1) is 0 Å². The van der Waals surface area contributed by atoms with Gasteiger partial charge in [-0.3, -0.25) is 4.40 Å². The molecular weight excluding hydrogens is 260 g/mol. The molecule has 1 aromatic carbocycles. The van der Waals surface area contributed by atoms with Crippen molar-refractivity contribution in [2.24, 2.45) is 7.05 Å². The molecule has 0 spiro atoms. The minimum Gasteiger partial charge on any atom is -0.351 e. The first-order valence-electron chi connectivity index (χ1n) is 6.91. The van der Waals surface area contributed by atoms with Crippen LogP contribution in [0.3, 0.4) is 0 Å². The van der Waals surface area contributed by atoms with Gasteiger partial charge in [-0.2, -0.15) is 0 Å². The maximum atomic E-state index is 4.54. The monoisotopic (exact) mass is 272 g/mol. The van der Waals surface area contributed by atoms with E-state index in [1.165, 1.54) is 21.7 Å². The van der Waals surface area contributed by atoms with Crippen LogP contribution in [0.25, 0.3) is 38.4 Å². The quantitative estimate of drug-likeness (QED) is 0.404. The van der Waals surface area contributed by atoms with Gasteiger partial charge in [0, 0.05) is 53.5 Å². The predicted octanol–water partition coefficient (Wildman–Crippen LogP) is 3.53. The van der Waals surface area contributed by atoms with Crippen molar-refractivity contribution in [3.8, 4) is 0 Å². The predicted molar refractivity (Wildman–Crippen MR) is 84.5 cm³/mol. The molecule has 0 unspecified atom stereocenters. The molecule has 0 atom stereocenters. The first-order valence-corrected chi connectivity index (χ1v) is 6.91. The Morgan fingerprint density at radius 1 is 0.857 bits per heavy atom. The summed E-state index contributed by atoms with van der Waals surface area (Å²) in [6, 6.07) is 10.7. The van der Waals surface area contributed by atoms with Gasteiger partial charge in [-0.1, -0.05) is 0 Å². The van der Waals surface area contributed by atoms with Crippen LogP contribution < -0.4 is 0 Å². The average molecular weight is 272 g/mol. The van der Waals surface area contributed by atoms with Gasteiger partial charge in [0.2, 0.25) is 0 Å². The summed E-state index contributed by atoms with van der Waals surface area (Å²) in [5.74, 6) is 0. The van der Waals surface area contributed by atoms with Gasteiger partial charge >= 0.3 is 0 Å². The normalized spacial score (nSPS) is 12.0. The second kappa shape index (κ2) is 3.61. The molecule has 4 heteroatoms. The molecule has 0 amide bonds. The number of aromatic nitrogens is 4. The number of hydrogen-bond donors (Lipinski definition) is 0. The molecule has 100 valence electrons. The van der Waals surface area contributed by atoms with Crippen molar-refractivity contribution in [2.45, 2.75) is 0 Å². The SMILES string of the molecule is Cn1ccc2cc3c(cc21)c1cccnc1n1ccnc31. The first kappa shape index (κ1) is 10.9. The van der Waals surface area contributed by atoms with E-state index < -0.39 is 0 Å². The molecule has 0 aliphatic rings.